The van der Waals surface area contributed by atoms with Crippen molar-refractivity contribution in [1.29, 1.82) is 0 Å². The van der Waals surface area contributed by atoms with Gasteiger partial charge in [-0.1, -0.05) is 12.0 Å². The van der Waals surface area contributed by atoms with Gasteiger partial charge in [0.25, 0.3) is 0 Å². The molecule has 0 nitrogen and oxygen atoms in total. The fourth-order valence-electron chi connectivity index (χ4n) is 0.0589. The third kappa shape index (κ3) is 1.60. The molecule has 0 amide bonds. The van der Waals surface area contributed by atoms with Crippen molar-refractivity contribution in [3.63, 3.8) is 0 Å². The van der Waals surface area contributed by atoms with Crippen LogP contribution in [0.4, 0.5) is 0 Å². The van der Waals surface area contributed by atoms with E-state index >= 15 is 0 Å². The average molecular weight is 79.1 g/mol. The average Bonchev–Trinajstić information content (AvgIpc) is 1.65. The van der Waals surface area contributed by atoms with Gasteiger partial charge in [0, 0.05) is 0 Å². The van der Waals surface area contributed by atoms with Gasteiger partial charge in [0.15, 0.2) is 0 Å². The smallest absolute Gasteiger partial charge is 0.00532 e. The summed E-state index contributed by atoms with van der Waals surface area (Å²) in [4.78, 5) is 0. The molecule has 0 rings (SSSR count). The molecule has 6 heavy (non-hydrogen) atoms. The van der Waals surface area contributed by atoms with Crippen molar-refractivity contribution in [3.05, 3.63) is 18.6 Å². The highest BCUT2D eigenvalue weighted by Crippen LogP contribution is 1.82. The van der Waals surface area contributed by atoms with Gasteiger partial charge in [-0.2, -0.15) is 0 Å². The zero-order chi connectivity index (χ0) is 4.99. The summed E-state index contributed by atoms with van der Waals surface area (Å²) in [5.74, 6) is 2.41. The van der Waals surface area contributed by atoms with Crippen molar-refractivity contribution in [2.24, 2.45) is 0 Å². The van der Waals surface area contributed by atoms with E-state index < -0.39 is 0 Å². The van der Waals surface area contributed by atoms with Gasteiger partial charge in [-0.15, -0.1) is 6.42 Å². The fourth-order valence-corrected chi connectivity index (χ4v) is 0.0589. The van der Waals surface area contributed by atoms with Crippen LogP contribution in [-0.4, -0.2) is 0 Å². The molecule has 0 aliphatic carbocycles. The van der Waals surface area contributed by atoms with Gasteiger partial charge in [0.05, 0.1) is 0 Å². The van der Waals surface area contributed by atoms with Crippen LogP contribution < -0.4 is 0 Å². The van der Waals surface area contributed by atoms with Crippen LogP contribution in [-0.2, 0) is 0 Å². The summed E-state index contributed by atoms with van der Waals surface area (Å²) in [6, 6.07) is 0. The van der Waals surface area contributed by atoms with Crippen LogP contribution in [0.2, 0.25) is 0 Å². The highest BCUT2D eigenvalue weighted by molar-refractivity contribution is 5.22. The van der Waals surface area contributed by atoms with E-state index in [4.69, 9.17) is 6.42 Å². The molecule has 0 heterocycles. The molecule has 0 aromatic heterocycles. The molecule has 0 aliphatic rings. The maximum absolute atomic E-state index is 4.92. The standard InChI is InChI=1S/C6H7/c1-4-6(3)5-2/h1,5H,2H2,3H3/b6-5+. The van der Waals surface area contributed by atoms with Crippen LogP contribution in [0.25, 0.3) is 0 Å². The molecule has 0 aliphatic heterocycles. The first-order valence-electron chi connectivity index (χ1n) is 1.74. The lowest BCUT2D eigenvalue weighted by Crippen LogP contribution is -1.59. The molecule has 31 valence electrons. The Balaban J connectivity index is 3.61. The lowest BCUT2D eigenvalue weighted by Gasteiger charge is -1.74. The highest BCUT2D eigenvalue weighted by Gasteiger charge is 1.67. The first-order chi connectivity index (χ1) is 2.81. The molecular weight excluding hydrogens is 72.1 g/mol. The molecule has 0 atom stereocenters. The predicted octanol–water partition coefficient (Wildman–Crippen LogP) is 1.40. The van der Waals surface area contributed by atoms with Crippen molar-refractivity contribution < 1.29 is 0 Å². The second-order valence-electron chi connectivity index (χ2n) is 1.03. The van der Waals surface area contributed by atoms with E-state index in [1.54, 1.807) is 6.08 Å². The Labute approximate surface area is 38.9 Å². The van der Waals surface area contributed by atoms with Crippen molar-refractivity contribution in [2.75, 3.05) is 0 Å². The van der Waals surface area contributed by atoms with E-state index in [9.17, 15) is 0 Å². The van der Waals surface area contributed by atoms with Gasteiger partial charge in [0.2, 0.25) is 0 Å². The minimum atomic E-state index is 0.884. The van der Waals surface area contributed by atoms with Crippen molar-refractivity contribution in [1.82, 2.24) is 0 Å². The topological polar surface area (TPSA) is 0 Å². The molecule has 0 saturated carbocycles. The number of terminal acetylenes is 1. The van der Waals surface area contributed by atoms with E-state index in [0.717, 1.165) is 5.57 Å². The Hall–Kier alpha value is -0.700. The van der Waals surface area contributed by atoms with Crippen LogP contribution in [0, 0.1) is 19.3 Å². The summed E-state index contributed by atoms with van der Waals surface area (Å²) in [7, 11) is 0. The molecule has 0 spiro atoms. The minimum Gasteiger partial charge on any atom is -0.115 e. The molecule has 0 N–H and O–H groups in total. The van der Waals surface area contributed by atoms with Gasteiger partial charge in [0.1, 0.15) is 0 Å². The third-order valence-corrected chi connectivity index (χ3v) is 0.534. The van der Waals surface area contributed by atoms with Gasteiger partial charge >= 0.3 is 0 Å². The zero-order valence-corrected chi connectivity index (χ0v) is 3.86. The molecule has 0 heteroatoms. The lowest BCUT2D eigenvalue weighted by atomic mass is 10.3. The van der Waals surface area contributed by atoms with Crippen molar-refractivity contribution in [3.8, 4) is 12.3 Å². The molecular formula is C6H7. The van der Waals surface area contributed by atoms with E-state index in [0.29, 0.717) is 0 Å². The Kier molecular flexibility index (Phi) is 2.24. The van der Waals surface area contributed by atoms with Crippen LogP contribution in [0.5, 0.6) is 0 Å². The third-order valence-electron chi connectivity index (χ3n) is 0.534. The second-order valence-corrected chi connectivity index (χ2v) is 1.03. The van der Waals surface area contributed by atoms with Crippen LogP contribution in [0.3, 0.4) is 0 Å². The van der Waals surface area contributed by atoms with E-state index in [2.05, 4.69) is 12.8 Å². The second kappa shape index (κ2) is 2.53. The van der Waals surface area contributed by atoms with E-state index in [1.807, 2.05) is 6.92 Å². The summed E-state index contributed by atoms with van der Waals surface area (Å²) >= 11 is 0. The largest absolute Gasteiger partial charge is 0.115 e. The van der Waals surface area contributed by atoms with E-state index in [1.165, 1.54) is 0 Å². The zero-order valence-electron chi connectivity index (χ0n) is 3.86. The van der Waals surface area contributed by atoms with E-state index in [-0.39, 0.29) is 0 Å². The number of allylic oxidation sites excluding steroid dienone is 2. The maximum atomic E-state index is 4.92. The summed E-state index contributed by atoms with van der Waals surface area (Å²) in [5, 5.41) is 0. The quantitative estimate of drug-likeness (QED) is 0.385. The summed E-state index contributed by atoms with van der Waals surface area (Å²) < 4.78 is 0. The van der Waals surface area contributed by atoms with Gasteiger partial charge in [-0.05, 0) is 19.4 Å². The Morgan fingerprint density at radius 2 is 2.50 bits per heavy atom. The molecule has 0 saturated heterocycles. The summed E-state index contributed by atoms with van der Waals surface area (Å²) in [6.45, 7) is 5.29. The number of hydrogen-bond acceptors (Lipinski definition) is 0. The first-order valence-corrected chi connectivity index (χ1v) is 1.74. The molecule has 1 radical (unpaired) electrons. The summed E-state index contributed by atoms with van der Waals surface area (Å²) in [6.07, 6.45) is 6.58. The van der Waals surface area contributed by atoms with Gasteiger partial charge in [-0.25, -0.2) is 0 Å². The number of rotatable bonds is 0. The normalized spacial score (nSPS) is 10.5. The van der Waals surface area contributed by atoms with Gasteiger partial charge in [-0.3, -0.25) is 0 Å². The molecule has 0 bridgehead atoms. The molecule has 0 fully saturated rings. The Bertz CT molecular complexity index is 91.1. The Morgan fingerprint density at radius 3 is 2.50 bits per heavy atom. The number of hydrogen-bond donors (Lipinski definition) is 0. The minimum absolute atomic E-state index is 0.884. The van der Waals surface area contributed by atoms with Crippen molar-refractivity contribution >= 4 is 0 Å². The molecule has 0 unspecified atom stereocenters. The highest BCUT2D eigenvalue weighted by atomic mass is 13.7. The molecule has 0 aromatic carbocycles. The predicted molar refractivity (Wildman–Crippen MR) is 27.9 cm³/mol. The van der Waals surface area contributed by atoms with Crippen LogP contribution in [0.1, 0.15) is 6.92 Å². The van der Waals surface area contributed by atoms with Gasteiger partial charge < -0.3 is 0 Å². The lowest BCUT2D eigenvalue weighted by molar-refractivity contribution is 1.59. The van der Waals surface area contributed by atoms with Crippen LogP contribution in [0.15, 0.2) is 11.6 Å². The SMILES string of the molecule is C#C/C(C)=C/[CH2]. The summed E-state index contributed by atoms with van der Waals surface area (Å²) in [5.41, 5.74) is 0.884. The van der Waals surface area contributed by atoms with Crippen LogP contribution >= 0.6 is 0 Å². The Morgan fingerprint density at radius 1 is 2.00 bits per heavy atom. The first kappa shape index (κ1) is 5.30. The fraction of sp³-hybridized carbons (Fsp3) is 0.167. The van der Waals surface area contributed by atoms with Crippen molar-refractivity contribution in [2.45, 2.75) is 6.92 Å². The monoisotopic (exact) mass is 79.1 g/mol. The maximum Gasteiger partial charge on any atom is -0.00532 e. The molecule has 0 aromatic rings.